The van der Waals surface area contributed by atoms with Crippen LogP contribution >= 0.6 is 23.4 Å². The van der Waals surface area contributed by atoms with Gasteiger partial charge in [-0.15, -0.1) is 11.8 Å². The third-order valence-corrected chi connectivity index (χ3v) is 5.20. The van der Waals surface area contributed by atoms with E-state index in [9.17, 15) is 9.59 Å². The van der Waals surface area contributed by atoms with E-state index in [-0.39, 0.29) is 24.1 Å². The Morgan fingerprint density at radius 1 is 1.22 bits per heavy atom. The van der Waals surface area contributed by atoms with Crippen molar-refractivity contribution in [1.82, 2.24) is 0 Å². The molecule has 1 N–H and O–H groups in total. The minimum absolute atomic E-state index is 0.0697. The van der Waals surface area contributed by atoms with Crippen molar-refractivity contribution in [1.29, 1.82) is 0 Å². The molecule has 1 aliphatic rings. The van der Waals surface area contributed by atoms with Crippen molar-refractivity contribution < 1.29 is 14.7 Å². The first kappa shape index (κ1) is 15.9. The summed E-state index contributed by atoms with van der Waals surface area (Å²) in [5.74, 6) is -1.21. The molecule has 1 unspecified atom stereocenters. The molecule has 118 valence electrons. The molecule has 3 rings (SSSR count). The van der Waals surface area contributed by atoms with Gasteiger partial charge in [0.05, 0.1) is 5.69 Å². The average Bonchev–Trinajstić information content (AvgIpc) is 2.65. The zero-order valence-electron chi connectivity index (χ0n) is 12.1. The van der Waals surface area contributed by atoms with E-state index >= 15 is 0 Å². The summed E-state index contributed by atoms with van der Waals surface area (Å²) in [6.07, 6.45) is 0.244. The second-order valence-electron chi connectivity index (χ2n) is 5.20. The molecule has 23 heavy (non-hydrogen) atoms. The molecule has 0 fully saturated rings. The predicted molar refractivity (Wildman–Crippen MR) is 91.1 cm³/mol. The molecule has 1 atom stereocenters. The molecule has 0 saturated carbocycles. The number of aliphatic carboxylic acids is 1. The largest absolute Gasteiger partial charge is 0.480 e. The first-order valence-electron chi connectivity index (χ1n) is 7.08. The van der Waals surface area contributed by atoms with Crippen molar-refractivity contribution in [3.63, 3.8) is 0 Å². The zero-order chi connectivity index (χ0) is 16.4. The third-order valence-electron chi connectivity index (χ3n) is 3.62. The number of anilines is 1. The highest BCUT2D eigenvalue weighted by Crippen LogP contribution is 2.45. The summed E-state index contributed by atoms with van der Waals surface area (Å²) < 4.78 is 0. The van der Waals surface area contributed by atoms with Gasteiger partial charge in [0.25, 0.3) is 0 Å². The summed E-state index contributed by atoms with van der Waals surface area (Å²) >= 11 is 7.50. The highest BCUT2D eigenvalue weighted by molar-refractivity contribution is 7.99. The van der Waals surface area contributed by atoms with Gasteiger partial charge in [-0.3, -0.25) is 9.59 Å². The van der Waals surface area contributed by atoms with Gasteiger partial charge in [0.15, 0.2) is 0 Å². The summed E-state index contributed by atoms with van der Waals surface area (Å²) in [6.45, 7) is -0.330. The molecule has 0 aromatic heterocycles. The number of nitrogens with zero attached hydrogens (tertiary/aromatic N) is 1. The number of hydrogen-bond acceptors (Lipinski definition) is 3. The number of hydrogen-bond donors (Lipinski definition) is 1. The molecule has 2 aromatic rings. The Morgan fingerprint density at radius 2 is 1.91 bits per heavy atom. The summed E-state index contributed by atoms with van der Waals surface area (Å²) in [6, 6.07) is 14.8. The summed E-state index contributed by atoms with van der Waals surface area (Å²) in [4.78, 5) is 25.9. The molecule has 4 nitrogen and oxygen atoms in total. The molecular weight excluding hydrogens is 334 g/mol. The number of thioether (sulfide) groups is 1. The predicted octanol–water partition coefficient (Wildman–Crippen LogP) is 3.99. The SMILES string of the molecule is O=C(O)CN1C(=O)CC(c2ccc(Cl)cc2)Sc2ccccc21. The van der Waals surface area contributed by atoms with Gasteiger partial charge in [0.1, 0.15) is 6.54 Å². The van der Waals surface area contributed by atoms with Crippen molar-refractivity contribution in [2.75, 3.05) is 11.4 Å². The van der Waals surface area contributed by atoms with Crippen LogP contribution in [-0.2, 0) is 9.59 Å². The van der Waals surface area contributed by atoms with Crippen LogP contribution < -0.4 is 4.90 Å². The number of carboxylic acids is 1. The minimum atomic E-state index is -1.02. The number of carbonyl (C=O) groups is 2. The molecule has 0 bridgehead atoms. The Labute approximate surface area is 143 Å². The summed E-state index contributed by atoms with van der Waals surface area (Å²) in [5.41, 5.74) is 1.65. The lowest BCUT2D eigenvalue weighted by atomic mass is 10.1. The molecule has 6 heteroatoms. The van der Waals surface area contributed by atoms with Crippen LogP contribution in [0.15, 0.2) is 53.4 Å². The molecule has 0 radical (unpaired) electrons. The van der Waals surface area contributed by atoms with Gasteiger partial charge in [0.2, 0.25) is 5.91 Å². The Bertz CT molecular complexity index is 748. The molecule has 2 aromatic carbocycles. The van der Waals surface area contributed by atoms with Crippen LogP contribution in [0.3, 0.4) is 0 Å². The molecule has 0 spiro atoms. The maximum Gasteiger partial charge on any atom is 0.323 e. The van der Waals surface area contributed by atoms with Crippen molar-refractivity contribution >= 4 is 40.9 Å². The first-order chi connectivity index (χ1) is 11.0. The maximum atomic E-state index is 12.6. The number of rotatable bonds is 3. The molecule has 1 amide bonds. The van der Waals surface area contributed by atoms with Crippen LogP contribution in [0.5, 0.6) is 0 Å². The average molecular weight is 348 g/mol. The van der Waals surface area contributed by atoms with Crippen LogP contribution in [0.25, 0.3) is 0 Å². The van der Waals surface area contributed by atoms with E-state index in [2.05, 4.69) is 0 Å². The fraction of sp³-hybridized carbons (Fsp3) is 0.176. The Balaban J connectivity index is 1.99. The normalized spacial score (nSPS) is 17.5. The third kappa shape index (κ3) is 3.51. The Kier molecular flexibility index (Phi) is 4.59. The van der Waals surface area contributed by atoms with Crippen molar-refractivity contribution in [3.8, 4) is 0 Å². The van der Waals surface area contributed by atoms with E-state index < -0.39 is 5.97 Å². The fourth-order valence-corrected chi connectivity index (χ4v) is 3.96. The van der Waals surface area contributed by atoms with Crippen LogP contribution in [0, 0.1) is 0 Å². The van der Waals surface area contributed by atoms with Gasteiger partial charge in [-0.2, -0.15) is 0 Å². The number of para-hydroxylation sites is 1. The van der Waals surface area contributed by atoms with E-state index in [1.54, 1.807) is 30.0 Å². The number of benzene rings is 2. The van der Waals surface area contributed by atoms with Gasteiger partial charge in [0, 0.05) is 21.6 Å². The van der Waals surface area contributed by atoms with Gasteiger partial charge in [-0.1, -0.05) is 35.9 Å². The summed E-state index contributed by atoms with van der Waals surface area (Å²) in [5, 5.41) is 9.67. The Hall–Kier alpha value is -1.98. The zero-order valence-corrected chi connectivity index (χ0v) is 13.7. The van der Waals surface area contributed by atoms with Gasteiger partial charge < -0.3 is 10.0 Å². The van der Waals surface area contributed by atoms with Crippen LogP contribution in [0.2, 0.25) is 5.02 Å². The molecule has 1 aliphatic heterocycles. The van der Waals surface area contributed by atoms with Crippen molar-refractivity contribution in [2.45, 2.75) is 16.6 Å². The quantitative estimate of drug-likeness (QED) is 0.911. The van der Waals surface area contributed by atoms with E-state index in [1.165, 1.54) is 4.90 Å². The minimum Gasteiger partial charge on any atom is -0.480 e. The van der Waals surface area contributed by atoms with Crippen LogP contribution in [0.4, 0.5) is 5.69 Å². The lowest BCUT2D eigenvalue weighted by Gasteiger charge is -2.20. The van der Waals surface area contributed by atoms with Gasteiger partial charge >= 0.3 is 5.97 Å². The van der Waals surface area contributed by atoms with E-state index in [1.807, 2.05) is 30.3 Å². The molecule has 1 heterocycles. The molecule has 0 saturated heterocycles. The number of carbonyl (C=O) groups excluding carboxylic acids is 1. The Morgan fingerprint density at radius 3 is 2.61 bits per heavy atom. The number of carboxylic acid groups (broad SMARTS) is 1. The number of halogens is 1. The lowest BCUT2D eigenvalue weighted by Crippen LogP contribution is -2.35. The van der Waals surface area contributed by atoms with E-state index in [4.69, 9.17) is 16.7 Å². The van der Waals surface area contributed by atoms with E-state index in [0.717, 1.165) is 10.5 Å². The van der Waals surface area contributed by atoms with Crippen LogP contribution in [0.1, 0.15) is 17.2 Å². The first-order valence-corrected chi connectivity index (χ1v) is 8.33. The standard InChI is InChI=1S/C17H14ClNO3S/c18-12-7-5-11(6-8-12)15-9-16(20)19(10-17(21)22)13-3-1-2-4-14(13)23-15/h1-8,15H,9-10H2,(H,21,22). The second kappa shape index (κ2) is 6.64. The highest BCUT2D eigenvalue weighted by Gasteiger charge is 2.30. The number of fused-ring (bicyclic) bond motifs is 1. The number of amides is 1. The second-order valence-corrected chi connectivity index (χ2v) is 6.88. The van der Waals surface area contributed by atoms with Gasteiger partial charge in [-0.25, -0.2) is 0 Å². The van der Waals surface area contributed by atoms with Gasteiger partial charge in [-0.05, 0) is 29.8 Å². The monoisotopic (exact) mass is 347 g/mol. The van der Waals surface area contributed by atoms with Crippen LogP contribution in [-0.4, -0.2) is 23.5 Å². The smallest absolute Gasteiger partial charge is 0.323 e. The maximum absolute atomic E-state index is 12.6. The highest BCUT2D eigenvalue weighted by atomic mass is 35.5. The molecule has 0 aliphatic carbocycles. The van der Waals surface area contributed by atoms with E-state index in [0.29, 0.717) is 10.7 Å². The lowest BCUT2D eigenvalue weighted by molar-refractivity contribution is -0.136. The van der Waals surface area contributed by atoms with Crippen molar-refractivity contribution in [3.05, 3.63) is 59.1 Å². The topological polar surface area (TPSA) is 57.6 Å². The van der Waals surface area contributed by atoms with Crippen molar-refractivity contribution in [2.24, 2.45) is 0 Å². The molecular formula is C17H14ClNO3S. The fourth-order valence-electron chi connectivity index (χ4n) is 2.55. The summed E-state index contributed by atoms with van der Waals surface area (Å²) in [7, 11) is 0.